The largest absolute Gasteiger partial charge is 0.380 e. The molecule has 1 saturated heterocycles. The van der Waals surface area contributed by atoms with Crippen LogP contribution in [0, 0.1) is 20.8 Å². The van der Waals surface area contributed by atoms with Gasteiger partial charge in [-0.3, -0.25) is 14.7 Å². The van der Waals surface area contributed by atoms with E-state index in [1.165, 1.54) is 0 Å². The zero-order chi connectivity index (χ0) is 23.5. The van der Waals surface area contributed by atoms with Crippen LogP contribution in [0.25, 0.3) is 11.1 Å². The molecule has 3 aromatic rings. The smallest absolute Gasteiger partial charge is 0.243 e. The van der Waals surface area contributed by atoms with Gasteiger partial charge in [-0.15, -0.1) is 0 Å². The number of ether oxygens (including phenoxy) is 1. The highest BCUT2D eigenvalue weighted by Gasteiger charge is 2.39. The molecule has 0 saturated carbocycles. The molecule has 2 aromatic heterocycles. The molecule has 0 radical (unpaired) electrons. The van der Waals surface area contributed by atoms with Crippen LogP contribution in [0.5, 0.6) is 0 Å². The molecule has 174 valence electrons. The highest BCUT2D eigenvalue weighted by Crippen LogP contribution is 2.26. The van der Waals surface area contributed by atoms with Gasteiger partial charge in [-0.1, -0.05) is 29.4 Å². The molecule has 9 nitrogen and oxygen atoms in total. The van der Waals surface area contributed by atoms with Gasteiger partial charge >= 0.3 is 0 Å². The molecule has 3 heterocycles. The van der Waals surface area contributed by atoms with E-state index in [1.54, 1.807) is 25.0 Å². The molecule has 2 N–H and O–H groups in total. The summed E-state index contributed by atoms with van der Waals surface area (Å²) in [6.07, 6.45) is 0.346. The first-order chi connectivity index (χ1) is 15.9. The van der Waals surface area contributed by atoms with Gasteiger partial charge < -0.3 is 19.5 Å². The number of aromatic nitrogens is 3. The van der Waals surface area contributed by atoms with Crippen LogP contribution >= 0.6 is 0 Å². The second-order valence-corrected chi connectivity index (χ2v) is 8.49. The highest BCUT2D eigenvalue weighted by atomic mass is 16.5. The summed E-state index contributed by atoms with van der Waals surface area (Å²) >= 11 is 0. The number of rotatable bonds is 7. The third-order valence-corrected chi connectivity index (χ3v) is 6.06. The molecule has 1 aliphatic rings. The van der Waals surface area contributed by atoms with E-state index >= 15 is 0 Å². The Kier molecular flexibility index (Phi) is 6.60. The fourth-order valence-corrected chi connectivity index (χ4v) is 4.32. The maximum Gasteiger partial charge on any atom is 0.243 e. The molecule has 0 spiro atoms. The summed E-state index contributed by atoms with van der Waals surface area (Å²) in [5, 5.41) is 14.0. The number of hydrogen-bond acceptors (Lipinski definition) is 6. The Hall–Kier alpha value is -3.46. The van der Waals surface area contributed by atoms with Crippen molar-refractivity contribution in [2.45, 2.75) is 52.3 Å². The summed E-state index contributed by atoms with van der Waals surface area (Å²) < 4.78 is 10.6. The molecular weight excluding hydrogens is 422 g/mol. The number of likely N-dealkylation sites (tertiary alicyclic amines) is 1. The lowest BCUT2D eigenvalue weighted by Gasteiger charge is -2.23. The van der Waals surface area contributed by atoms with Crippen molar-refractivity contribution in [3.8, 4) is 11.1 Å². The van der Waals surface area contributed by atoms with Gasteiger partial charge in [0.05, 0.1) is 23.9 Å². The van der Waals surface area contributed by atoms with Crippen molar-refractivity contribution < 1.29 is 18.8 Å². The summed E-state index contributed by atoms with van der Waals surface area (Å²) in [7, 11) is 1.60. The second-order valence-electron chi connectivity index (χ2n) is 8.49. The number of nitrogens with one attached hydrogen (secondary N) is 2. The monoisotopic (exact) mass is 451 g/mol. The SMILES string of the molecule is CO[C@@H]1C[C@@H](C(=O)NCc2ccc(-c3c(C)n[nH]c3C)cc2)N(C(=O)Cc2cc(C)no2)C1. The normalized spacial score (nSPS) is 18.0. The average molecular weight is 452 g/mol. The van der Waals surface area contributed by atoms with Crippen LogP contribution < -0.4 is 5.32 Å². The molecule has 1 aromatic carbocycles. The van der Waals surface area contributed by atoms with Gasteiger partial charge in [-0.2, -0.15) is 5.10 Å². The Morgan fingerprint density at radius 1 is 1.24 bits per heavy atom. The van der Waals surface area contributed by atoms with Crippen molar-refractivity contribution in [1.82, 2.24) is 25.6 Å². The van der Waals surface area contributed by atoms with E-state index in [0.717, 1.165) is 28.1 Å². The standard InChI is InChI=1S/C24H29N5O4/c1-14-9-19(33-28-14)11-22(30)29-13-20(32-4)10-21(29)24(31)25-12-17-5-7-18(8-6-17)23-15(2)26-27-16(23)3/h5-9,20-21H,10-13H2,1-4H3,(H,25,31)(H,26,27)/t20-,21+/m1/s1. The molecule has 33 heavy (non-hydrogen) atoms. The molecule has 9 heteroatoms. The van der Waals surface area contributed by atoms with Gasteiger partial charge in [0, 0.05) is 43.9 Å². The number of methoxy groups -OCH3 is 1. The number of benzene rings is 1. The van der Waals surface area contributed by atoms with Crippen molar-refractivity contribution in [3.63, 3.8) is 0 Å². The predicted molar refractivity (Wildman–Crippen MR) is 121 cm³/mol. The lowest BCUT2D eigenvalue weighted by molar-refractivity contribution is -0.138. The maximum absolute atomic E-state index is 13.0. The highest BCUT2D eigenvalue weighted by molar-refractivity contribution is 5.89. The Balaban J connectivity index is 1.39. The molecule has 0 aliphatic carbocycles. The van der Waals surface area contributed by atoms with Crippen LogP contribution in [0.4, 0.5) is 0 Å². The second kappa shape index (κ2) is 9.58. The third-order valence-electron chi connectivity index (χ3n) is 6.06. The number of aryl methyl sites for hydroxylation is 3. The minimum Gasteiger partial charge on any atom is -0.380 e. The zero-order valence-electron chi connectivity index (χ0n) is 19.3. The minimum atomic E-state index is -0.582. The van der Waals surface area contributed by atoms with Crippen molar-refractivity contribution in [3.05, 3.63) is 58.7 Å². The van der Waals surface area contributed by atoms with E-state index in [9.17, 15) is 9.59 Å². The van der Waals surface area contributed by atoms with Gasteiger partial charge in [0.2, 0.25) is 11.8 Å². The van der Waals surface area contributed by atoms with Crippen LogP contribution in [0.3, 0.4) is 0 Å². The predicted octanol–water partition coefficient (Wildman–Crippen LogP) is 2.46. The van der Waals surface area contributed by atoms with Crippen LogP contribution in [-0.4, -0.2) is 57.9 Å². The van der Waals surface area contributed by atoms with Gasteiger partial charge in [0.25, 0.3) is 0 Å². The van der Waals surface area contributed by atoms with Crippen molar-refractivity contribution in [2.75, 3.05) is 13.7 Å². The van der Waals surface area contributed by atoms with Gasteiger partial charge in [-0.25, -0.2) is 0 Å². The summed E-state index contributed by atoms with van der Waals surface area (Å²) in [6, 6.07) is 9.18. The minimum absolute atomic E-state index is 0.0648. The number of nitrogens with zero attached hydrogens (tertiary/aromatic N) is 3. The lowest BCUT2D eigenvalue weighted by atomic mass is 10.0. The van der Waals surface area contributed by atoms with E-state index in [4.69, 9.17) is 9.26 Å². The Morgan fingerprint density at radius 3 is 2.61 bits per heavy atom. The molecule has 2 amide bonds. The number of hydrogen-bond donors (Lipinski definition) is 2. The van der Waals surface area contributed by atoms with Crippen molar-refractivity contribution >= 4 is 11.8 Å². The Morgan fingerprint density at radius 2 is 2.00 bits per heavy atom. The van der Waals surface area contributed by atoms with E-state index in [0.29, 0.717) is 31.0 Å². The molecule has 0 bridgehead atoms. The molecule has 1 aliphatic heterocycles. The Labute approximate surface area is 192 Å². The first kappa shape index (κ1) is 22.7. The molecule has 2 atom stereocenters. The van der Waals surface area contributed by atoms with Gasteiger partial charge in [0.15, 0.2) is 0 Å². The number of aromatic amines is 1. The van der Waals surface area contributed by atoms with Crippen molar-refractivity contribution in [1.29, 1.82) is 0 Å². The quantitative estimate of drug-likeness (QED) is 0.571. The summed E-state index contributed by atoms with van der Waals surface area (Å²) in [5.74, 6) is 0.115. The average Bonchev–Trinajstić information content (AvgIpc) is 3.51. The van der Waals surface area contributed by atoms with E-state index in [-0.39, 0.29) is 24.3 Å². The fraction of sp³-hybridized carbons (Fsp3) is 0.417. The molecular formula is C24H29N5O4. The summed E-state index contributed by atoms with van der Waals surface area (Å²) in [5.41, 5.74) is 5.83. The van der Waals surface area contributed by atoms with Crippen LogP contribution in [0.2, 0.25) is 0 Å². The fourth-order valence-electron chi connectivity index (χ4n) is 4.32. The van der Waals surface area contributed by atoms with Crippen LogP contribution in [0.15, 0.2) is 34.9 Å². The van der Waals surface area contributed by atoms with E-state index in [2.05, 4.69) is 20.7 Å². The molecule has 1 fully saturated rings. The number of amides is 2. The lowest BCUT2D eigenvalue weighted by Crippen LogP contribution is -2.46. The van der Waals surface area contributed by atoms with Crippen molar-refractivity contribution in [2.24, 2.45) is 0 Å². The summed E-state index contributed by atoms with van der Waals surface area (Å²) in [6.45, 7) is 6.51. The van der Waals surface area contributed by atoms with Crippen LogP contribution in [-0.2, 0) is 27.3 Å². The van der Waals surface area contributed by atoms with Gasteiger partial charge in [0.1, 0.15) is 11.8 Å². The molecule has 0 unspecified atom stereocenters. The third kappa shape index (κ3) is 4.98. The van der Waals surface area contributed by atoms with Crippen LogP contribution in [0.1, 0.15) is 34.8 Å². The Bertz CT molecular complexity index is 1110. The van der Waals surface area contributed by atoms with Gasteiger partial charge in [-0.05, 0) is 31.9 Å². The maximum atomic E-state index is 13.0. The number of H-pyrrole nitrogens is 1. The first-order valence-electron chi connectivity index (χ1n) is 11.0. The molecule has 4 rings (SSSR count). The summed E-state index contributed by atoms with van der Waals surface area (Å²) in [4.78, 5) is 27.4. The number of carbonyl (C=O) groups is 2. The van der Waals surface area contributed by atoms with E-state index < -0.39 is 6.04 Å². The number of carbonyl (C=O) groups excluding carboxylic acids is 2. The van der Waals surface area contributed by atoms with E-state index in [1.807, 2.05) is 38.1 Å². The topological polar surface area (TPSA) is 113 Å². The first-order valence-corrected chi connectivity index (χ1v) is 11.0. The zero-order valence-corrected chi connectivity index (χ0v) is 19.3.